The van der Waals surface area contributed by atoms with Crippen molar-refractivity contribution in [1.82, 2.24) is 5.32 Å². The van der Waals surface area contributed by atoms with Crippen molar-refractivity contribution in [3.05, 3.63) is 22.4 Å². The van der Waals surface area contributed by atoms with E-state index in [0.717, 1.165) is 31.2 Å². The summed E-state index contributed by atoms with van der Waals surface area (Å²) in [5.41, 5.74) is 0.202. The number of carboxylic acid groups (broad SMARTS) is 1. The average molecular weight is 309 g/mol. The number of aliphatic carboxylic acids is 1. The van der Waals surface area contributed by atoms with E-state index in [1.54, 1.807) is 11.3 Å². The molecule has 21 heavy (non-hydrogen) atoms. The van der Waals surface area contributed by atoms with Gasteiger partial charge in [-0.1, -0.05) is 25.7 Å². The Morgan fingerprint density at radius 1 is 1.33 bits per heavy atom. The third kappa shape index (κ3) is 4.06. The normalized spacial score (nSPS) is 19.5. The minimum absolute atomic E-state index is 0.0691. The second kappa shape index (κ2) is 7.07. The fourth-order valence-electron chi connectivity index (χ4n) is 3.08. The fraction of sp³-hybridized carbons (Fsp3) is 0.625. The van der Waals surface area contributed by atoms with E-state index in [1.807, 2.05) is 23.8 Å². The Morgan fingerprint density at radius 3 is 2.52 bits per heavy atom. The third-order valence-corrected chi connectivity index (χ3v) is 5.14. The number of amides is 1. The number of carboxylic acids is 1. The molecule has 1 amide bonds. The molecule has 1 aromatic rings. The van der Waals surface area contributed by atoms with Gasteiger partial charge in [-0.05, 0) is 42.2 Å². The quantitative estimate of drug-likeness (QED) is 0.814. The minimum Gasteiger partial charge on any atom is -0.481 e. The molecule has 2 N–H and O–H groups in total. The van der Waals surface area contributed by atoms with Gasteiger partial charge < -0.3 is 10.4 Å². The Labute approximate surface area is 129 Å². The maximum absolute atomic E-state index is 12.3. The van der Waals surface area contributed by atoms with E-state index in [4.69, 9.17) is 0 Å². The molecule has 1 heterocycles. The van der Waals surface area contributed by atoms with Crippen LogP contribution in [0.4, 0.5) is 0 Å². The molecule has 1 saturated carbocycles. The van der Waals surface area contributed by atoms with Crippen LogP contribution < -0.4 is 5.32 Å². The van der Waals surface area contributed by atoms with Crippen molar-refractivity contribution in [3.63, 3.8) is 0 Å². The lowest BCUT2D eigenvalue weighted by molar-refractivity contribution is -0.153. The van der Waals surface area contributed by atoms with Crippen molar-refractivity contribution in [2.24, 2.45) is 5.41 Å². The van der Waals surface area contributed by atoms with Gasteiger partial charge >= 0.3 is 5.97 Å². The van der Waals surface area contributed by atoms with Gasteiger partial charge in [-0.2, -0.15) is 11.3 Å². The summed E-state index contributed by atoms with van der Waals surface area (Å²) in [6.45, 7) is 1.93. The van der Waals surface area contributed by atoms with Crippen LogP contribution in [0.2, 0.25) is 0 Å². The monoisotopic (exact) mass is 309 g/mol. The first kappa shape index (κ1) is 16.0. The van der Waals surface area contributed by atoms with Crippen molar-refractivity contribution >= 4 is 23.2 Å². The number of rotatable bonds is 5. The Bertz CT molecular complexity index is 476. The van der Waals surface area contributed by atoms with Crippen molar-refractivity contribution in [2.75, 3.05) is 0 Å². The molecule has 0 spiro atoms. The van der Waals surface area contributed by atoms with Gasteiger partial charge in [0, 0.05) is 6.42 Å². The number of carbonyl (C=O) groups is 2. The van der Waals surface area contributed by atoms with Crippen LogP contribution in [0.15, 0.2) is 16.8 Å². The lowest BCUT2D eigenvalue weighted by atomic mass is 9.77. The van der Waals surface area contributed by atoms with Crippen LogP contribution in [0, 0.1) is 5.41 Å². The van der Waals surface area contributed by atoms with Crippen LogP contribution in [-0.2, 0) is 9.59 Å². The SMILES string of the molecule is CC(NC(=O)CC1(C(=O)O)CCCCCC1)c1ccsc1. The van der Waals surface area contributed by atoms with Crippen LogP contribution in [0.3, 0.4) is 0 Å². The summed E-state index contributed by atoms with van der Waals surface area (Å²) >= 11 is 1.59. The highest BCUT2D eigenvalue weighted by atomic mass is 32.1. The maximum Gasteiger partial charge on any atom is 0.310 e. The molecule has 0 radical (unpaired) electrons. The minimum atomic E-state index is -0.866. The second-order valence-electron chi connectivity index (χ2n) is 6.02. The van der Waals surface area contributed by atoms with Gasteiger partial charge in [-0.3, -0.25) is 9.59 Å². The van der Waals surface area contributed by atoms with E-state index in [1.165, 1.54) is 0 Å². The first-order valence-electron chi connectivity index (χ1n) is 7.58. The van der Waals surface area contributed by atoms with E-state index in [0.29, 0.717) is 12.8 Å². The molecule has 1 fully saturated rings. The van der Waals surface area contributed by atoms with Gasteiger partial charge in [0.2, 0.25) is 5.91 Å². The lowest BCUT2D eigenvalue weighted by Crippen LogP contribution is -2.38. The molecule has 1 aliphatic carbocycles. The zero-order chi connectivity index (χ0) is 15.3. The van der Waals surface area contributed by atoms with Crippen molar-refractivity contribution in [3.8, 4) is 0 Å². The summed E-state index contributed by atoms with van der Waals surface area (Å²) in [4.78, 5) is 24.0. The van der Waals surface area contributed by atoms with Crippen LogP contribution >= 0.6 is 11.3 Å². The Kier molecular flexibility index (Phi) is 5.39. The van der Waals surface area contributed by atoms with E-state index in [9.17, 15) is 14.7 Å². The first-order chi connectivity index (χ1) is 10.0. The summed E-state index contributed by atoms with van der Waals surface area (Å²) in [6, 6.07) is 1.91. The summed E-state index contributed by atoms with van der Waals surface area (Å²) < 4.78 is 0. The smallest absolute Gasteiger partial charge is 0.310 e. The highest BCUT2D eigenvalue weighted by molar-refractivity contribution is 7.07. The molecule has 1 aromatic heterocycles. The van der Waals surface area contributed by atoms with Gasteiger partial charge in [0.15, 0.2) is 0 Å². The molecule has 4 nitrogen and oxygen atoms in total. The lowest BCUT2D eigenvalue weighted by Gasteiger charge is -2.28. The topological polar surface area (TPSA) is 66.4 Å². The molecule has 5 heteroatoms. The predicted molar refractivity (Wildman–Crippen MR) is 83.3 cm³/mol. The highest BCUT2D eigenvalue weighted by Crippen LogP contribution is 2.38. The van der Waals surface area contributed by atoms with Gasteiger partial charge in [0.25, 0.3) is 0 Å². The van der Waals surface area contributed by atoms with Gasteiger partial charge in [-0.25, -0.2) is 0 Å². The number of thiophene rings is 1. The van der Waals surface area contributed by atoms with E-state index in [-0.39, 0.29) is 18.4 Å². The molecular formula is C16H23NO3S. The molecule has 1 aliphatic rings. The van der Waals surface area contributed by atoms with Crippen molar-refractivity contribution in [1.29, 1.82) is 0 Å². The molecule has 1 unspecified atom stereocenters. The Morgan fingerprint density at radius 2 is 2.00 bits per heavy atom. The number of carbonyl (C=O) groups excluding carboxylic acids is 1. The van der Waals surface area contributed by atoms with Crippen molar-refractivity contribution < 1.29 is 14.7 Å². The van der Waals surface area contributed by atoms with Gasteiger partial charge in [0.1, 0.15) is 0 Å². The maximum atomic E-state index is 12.3. The Balaban J connectivity index is 1.99. The highest BCUT2D eigenvalue weighted by Gasteiger charge is 2.40. The number of hydrogen-bond acceptors (Lipinski definition) is 3. The summed E-state index contributed by atoms with van der Waals surface area (Å²) in [5, 5.41) is 16.5. The molecule has 116 valence electrons. The van der Waals surface area contributed by atoms with Crippen LogP contribution in [0.25, 0.3) is 0 Å². The molecule has 0 aliphatic heterocycles. The van der Waals surface area contributed by atoms with E-state index < -0.39 is 11.4 Å². The molecule has 2 rings (SSSR count). The van der Waals surface area contributed by atoms with Crippen LogP contribution in [0.1, 0.15) is 63.5 Å². The Hall–Kier alpha value is -1.36. The largest absolute Gasteiger partial charge is 0.481 e. The zero-order valence-corrected chi connectivity index (χ0v) is 13.2. The van der Waals surface area contributed by atoms with Crippen molar-refractivity contribution in [2.45, 2.75) is 57.9 Å². The summed E-state index contributed by atoms with van der Waals surface area (Å²) in [7, 11) is 0. The van der Waals surface area contributed by atoms with E-state index in [2.05, 4.69) is 5.32 Å². The molecule has 0 saturated heterocycles. The van der Waals surface area contributed by atoms with Gasteiger partial charge in [0.05, 0.1) is 11.5 Å². The molecular weight excluding hydrogens is 286 g/mol. The summed E-state index contributed by atoms with van der Waals surface area (Å²) in [6.07, 6.45) is 5.27. The molecule has 1 atom stereocenters. The number of nitrogens with one attached hydrogen (secondary N) is 1. The van der Waals surface area contributed by atoms with Crippen LogP contribution in [-0.4, -0.2) is 17.0 Å². The second-order valence-corrected chi connectivity index (χ2v) is 6.80. The molecule has 0 aromatic carbocycles. The van der Waals surface area contributed by atoms with Crippen LogP contribution in [0.5, 0.6) is 0 Å². The summed E-state index contributed by atoms with van der Waals surface area (Å²) in [5.74, 6) is -0.972. The first-order valence-corrected chi connectivity index (χ1v) is 8.53. The fourth-order valence-corrected chi connectivity index (χ4v) is 3.83. The average Bonchev–Trinajstić information content (AvgIpc) is 2.86. The number of hydrogen-bond donors (Lipinski definition) is 2. The van der Waals surface area contributed by atoms with E-state index >= 15 is 0 Å². The third-order valence-electron chi connectivity index (χ3n) is 4.43. The zero-order valence-electron chi connectivity index (χ0n) is 12.4. The predicted octanol–water partition coefficient (Wildman–Crippen LogP) is 3.74. The molecule has 0 bridgehead atoms. The standard InChI is InChI=1S/C16H23NO3S/c1-12(13-6-9-21-11-13)17-14(18)10-16(15(19)20)7-4-2-3-5-8-16/h6,9,11-12H,2-5,7-8,10H2,1H3,(H,17,18)(H,19,20). The van der Waals surface area contributed by atoms with Gasteiger partial charge in [-0.15, -0.1) is 0 Å².